The van der Waals surface area contributed by atoms with E-state index < -0.39 is 12.2 Å². The summed E-state index contributed by atoms with van der Waals surface area (Å²) in [5.74, 6) is -0.0718. The van der Waals surface area contributed by atoms with Crippen molar-refractivity contribution >= 4 is 11.7 Å². The summed E-state index contributed by atoms with van der Waals surface area (Å²) in [4.78, 5) is 25.5. The second-order valence-electron chi connectivity index (χ2n) is 7.32. The first-order chi connectivity index (χ1) is 15.8. The third kappa shape index (κ3) is 3.98. The summed E-state index contributed by atoms with van der Waals surface area (Å²) in [6.07, 6.45) is -0.928. The molecule has 33 heavy (non-hydrogen) atoms. The van der Waals surface area contributed by atoms with Crippen LogP contribution >= 0.6 is 0 Å². The molecule has 1 N–H and O–H groups in total. The van der Waals surface area contributed by atoms with E-state index in [1.807, 2.05) is 30.3 Å². The molecule has 3 heterocycles. The lowest BCUT2D eigenvalue weighted by Crippen LogP contribution is -2.25. The summed E-state index contributed by atoms with van der Waals surface area (Å²) in [7, 11) is 0. The number of anilines is 1. The maximum Gasteiger partial charge on any atom is 0.586 e. The topological polar surface area (TPSA) is 99.4 Å². The van der Waals surface area contributed by atoms with Gasteiger partial charge in [0.1, 0.15) is 0 Å². The van der Waals surface area contributed by atoms with Crippen LogP contribution in [0.3, 0.4) is 0 Å². The number of benzene rings is 2. The van der Waals surface area contributed by atoms with E-state index in [-0.39, 0.29) is 23.1 Å². The first-order valence-electron chi connectivity index (χ1n) is 9.86. The van der Waals surface area contributed by atoms with Gasteiger partial charge in [0.15, 0.2) is 17.3 Å². The van der Waals surface area contributed by atoms with Crippen molar-refractivity contribution in [2.45, 2.75) is 20.1 Å². The van der Waals surface area contributed by atoms with Gasteiger partial charge >= 0.3 is 6.29 Å². The number of fused-ring (bicyclic) bond motifs is 1. The molecule has 2 aromatic carbocycles. The van der Waals surface area contributed by atoms with Gasteiger partial charge in [-0.15, -0.1) is 8.78 Å². The summed E-state index contributed by atoms with van der Waals surface area (Å²) < 4.78 is 41.2. The SMILES string of the molecule is Cc1cc2c(cc1-c1cnc(NC(=O)c3oc(-c4ccccc4)nc3C)cn1)OC(F)(F)O2. The Morgan fingerprint density at radius 2 is 1.73 bits per heavy atom. The van der Waals surface area contributed by atoms with Crippen LogP contribution in [0.2, 0.25) is 0 Å². The zero-order valence-corrected chi connectivity index (χ0v) is 17.4. The predicted molar refractivity (Wildman–Crippen MR) is 113 cm³/mol. The highest BCUT2D eigenvalue weighted by Crippen LogP contribution is 2.44. The normalized spacial score (nSPS) is 13.7. The second kappa shape index (κ2) is 7.66. The minimum atomic E-state index is -3.70. The summed E-state index contributed by atoms with van der Waals surface area (Å²) in [5, 5.41) is 2.62. The molecular formula is C23H16F2N4O4. The number of hydrogen-bond acceptors (Lipinski definition) is 7. The molecule has 5 rings (SSSR count). The van der Waals surface area contributed by atoms with Crippen molar-refractivity contribution in [3.63, 3.8) is 0 Å². The molecule has 0 aliphatic carbocycles. The third-order valence-corrected chi connectivity index (χ3v) is 4.94. The molecule has 2 aromatic heterocycles. The van der Waals surface area contributed by atoms with Crippen LogP contribution in [0.15, 0.2) is 59.3 Å². The molecule has 0 radical (unpaired) electrons. The van der Waals surface area contributed by atoms with Gasteiger partial charge < -0.3 is 19.2 Å². The highest BCUT2D eigenvalue weighted by Gasteiger charge is 2.43. The van der Waals surface area contributed by atoms with Crippen molar-refractivity contribution in [2.75, 3.05) is 5.32 Å². The molecule has 0 unspecified atom stereocenters. The van der Waals surface area contributed by atoms with E-state index >= 15 is 0 Å². The largest absolute Gasteiger partial charge is 0.586 e. The van der Waals surface area contributed by atoms with E-state index in [0.29, 0.717) is 28.4 Å². The van der Waals surface area contributed by atoms with Crippen molar-refractivity contribution in [3.8, 4) is 34.2 Å². The number of hydrogen-bond donors (Lipinski definition) is 1. The van der Waals surface area contributed by atoms with E-state index in [1.54, 1.807) is 13.8 Å². The number of halogens is 2. The lowest BCUT2D eigenvalue weighted by Gasteiger charge is -2.08. The van der Waals surface area contributed by atoms with Crippen molar-refractivity contribution in [3.05, 3.63) is 71.9 Å². The number of rotatable bonds is 4. The Kier molecular flexibility index (Phi) is 4.77. The van der Waals surface area contributed by atoms with E-state index in [4.69, 9.17) is 4.42 Å². The fraction of sp³-hybridized carbons (Fsp3) is 0.130. The molecule has 0 spiro atoms. The summed E-state index contributed by atoms with van der Waals surface area (Å²) in [6, 6.07) is 12.1. The Hall–Kier alpha value is -4.34. The van der Waals surface area contributed by atoms with E-state index in [1.165, 1.54) is 24.5 Å². The molecule has 10 heteroatoms. The smallest absolute Gasteiger partial charge is 0.431 e. The molecule has 166 valence electrons. The molecule has 0 saturated carbocycles. The maximum atomic E-state index is 13.3. The first-order valence-corrected chi connectivity index (χ1v) is 9.86. The van der Waals surface area contributed by atoms with Crippen LogP contribution < -0.4 is 14.8 Å². The lowest BCUT2D eigenvalue weighted by atomic mass is 10.1. The lowest BCUT2D eigenvalue weighted by molar-refractivity contribution is -0.286. The van der Waals surface area contributed by atoms with Gasteiger partial charge in [0, 0.05) is 11.1 Å². The third-order valence-electron chi connectivity index (χ3n) is 4.94. The van der Waals surface area contributed by atoms with Crippen LogP contribution in [-0.2, 0) is 0 Å². The molecule has 0 fully saturated rings. The van der Waals surface area contributed by atoms with Crippen LogP contribution in [0.1, 0.15) is 21.8 Å². The van der Waals surface area contributed by atoms with Gasteiger partial charge in [-0.25, -0.2) is 9.97 Å². The fourth-order valence-corrected chi connectivity index (χ4v) is 3.39. The highest BCUT2D eigenvalue weighted by molar-refractivity contribution is 6.02. The number of alkyl halides is 2. The molecular weight excluding hydrogens is 434 g/mol. The van der Waals surface area contributed by atoms with E-state index in [0.717, 1.165) is 5.56 Å². The summed E-state index contributed by atoms with van der Waals surface area (Å²) >= 11 is 0. The number of amides is 1. The Balaban J connectivity index is 1.34. The van der Waals surface area contributed by atoms with Crippen LogP contribution in [0.25, 0.3) is 22.7 Å². The maximum absolute atomic E-state index is 13.3. The van der Waals surface area contributed by atoms with Gasteiger partial charge in [-0.05, 0) is 43.7 Å². The molecule has 0 atom stereocenters. The van der Waals surface area contributed by atoms with Gasteiger partial charge in [-0.1, -0.05) is 18.2 Å². The molecule has 1 amide bonds. The number of ether oxygens (including phenoxy) is 2. The number of oxazole rings is 1. The van der Waals surface area contributed by atoms with E-state index in [9.17, 15) is 13.6 Å². The molecule has 0 saturated heterocycles. The van der Waals surface area contributed by atoms with Crippen molar-refractivity contribution in [1.82, 2.24) is 15.0 Å². The van der Waals surface area contributed by atoms with Gasteiger partial charge in [0.2, 0.25) is 11.7 Å². The highest BCUT2D eigenvalue weighted by atomic mass is 19.3. The Bertz CT molecular complexity index is 1360. The first kappa shape index (κ1) is 20.6. The molecule has 1 aliphatic heterocycles. The summed E-state index contributed by atoms with van der Waals surface area (Å²) in [6.45, 7) is 3.40. The second-order valence-corrected chi connectivity index (χ2v) is 7.32. The average molecular weight is 450 g/mol. The zero-order chi connectivity index (χ0) is 23.2. The van der Waals surface area contributed by atoms with Crippen molar-refractivity contribution in [1.29, 1.82) is 0 Å². The number of carbonyl (C=O) groups is 1. The van der Waals surface area contributed by atoms with Gasteiger partial charge in [0.05, 0.1) is 23.8 Å². The van der Waals surface area contributed by atoms with Gasteiger partial charge in [0.25, 0.3) is 5.91 Å². The predicted octanol–water partition coefficient (Wildman–Crippen LogP) is 4.99. The minimum absolute atomic E-state index is 0.0459. The number of nitrogens with zero attached hydrogens (tertiary/aromatic N) is 3. The van der Waals surface area contributed by atoms with Crippen LogP contribution in [0.5, 0.6) is 11.5 Å². The number of carbonyl (C=O) groups excluding carboxylic acids is 1. The quantitative estimate of drug-likeness (QED) is 0.468. The Labute approximate surface area is 186 Å². The van der Waals surface area contributed by atoms with Gasteiger partial charge in [-0.2, -0.15) is 0 Å². The average Bonchev–Trinajstić information content (AvgIpc) is 3.32. The molecule has 1 aliphatic rings. The van der Waals surface area contributed by atoms with Gasteiger partial charge in [-0.3, -0.25) is 9.78 Å². The number of aromatic nitrogens is 3. The number of aryl methyl sites for hydroxylation is 2. The number of nitrogens with one attached hydrogen (secondary N) is 1. The Morgan fingerprint density at radius 1 is 1.00 bits per heavy atom. The standard InChI is InChI=1S/C23H16F2N4O4/c1-12-8-17-18(33-23(24,25)32-17)9-15(12)16-10-27-19(11-26-16)29-21(30)20-13(2)28-22(31-20)14-6-4-3-5-7-14/h3-11H,1-2H3,(H,27,29,30). The molecule has 4 aromatic rings. The fourth-order valence-electron chi connectivity index (χ4n) is 3.39. The molecule has 0 bridgehead atoms. The van der Waals surface area contributed by atoms with Crippen LogP contribution in [-0.4, -0.2) is 27.2 Å². The van der Waals surface area contributed by atoms with Crippen molar-refractivity contribution < 1.29 is 27.5 Å². The zero-order valence-electron chi connectivity index (χ0n) is 17.4. The van der Waals surface area contributed by atoms with E-state index in [2.05, 4.69) is 29.7 Å². The van der Waals surface area contributed by atoms with Crippen molar-refractivity contribution in [2.24, 2.45) is 0 Å². The summed E-state index contributed by atoms with van der Waals surface area (Å²) in [5.41, 5.74) is 2.78. The molecule has 8 nitrogen and oxygen atoms in total. The van der Waals surface area contributed by atoms with Crippen LogP contribution in [0.4, 0.5) is 14.6 Å². The van der Waals surface area contributed by atoms with Crippen LogP contribution in [0, 0.1) is 13.8 Å². The monoisotopic (exact) mass is 450 g/mol. The minimum Gasteiger partial charge on any atom is -0.431 e. The Morgan fingerprint density at radius 3 is 2.42 bits per heavy atom.